The molecule has 0 unspecified atom stereocenters. The highest BCUT2D eigenvalue weighted by atomic mass is 32.2. The molecule has 116 valence electrons. The summed E-state index contributed by atoms with van der Waals surface area (Å²) in [6, 6.07) is 6.22. The maximum absolute atomic E-state index is 11.7. The van der Waals surface area contributed by atoms with Crippen LogP contribution in [0.5, 0.6) is 5.75 Å². The topological polar surface area (TPSA) is 108 Å². The number of thiocarbonyl (C=S) groups is 1. The number of methoxy groups -OCH3 is 1. The highest BCUT2D eigenvalue weighted by molar-refractivity contribution is 7.92. The van der Waals surface area contributed by atoms with Crippen LogP contribution in [0.4, 0.5) is 5.69 Å². The minimum Gasteiger partial charge on any atom is -0.487 e. The molecule has 0 aliphatic carbocycles. The predicted octanol–water partition coefficient (Wildman–Crippen LogP) is 0.656. The zero-order valence-electron chi connectivity index (χ0n) is 11.4. The average Bonchev–Trinajstić information content (AvgIpc) is 2.43. The first-order chi connectivity index (χ1) is 9.82. The van der Waals surface area contributed by atoms with E-state index in [1.807, 2.05) is 0 Å². The van der Waals surface area contributed by atoms with Crippen LogP contribution < -0.4 is 15.2 Å². The molecule has 1 aromatic carbocycles. The summed E-state index contributed by atoms with van der Waals surface area (Å²) in [5.74, 6) is -0.415. The molecule has 1 rings (SSSR count). The van der Waals surface area contributed by atoms with E-state index in [4.69, 9.17) is 10.5 Å². The van der Waals surface area contributed by atoms with E-state index in [-0.39, 0.29) is 23.8 Å². The quantitative estimate of drug-likeness (QED) is 0.532. The number of sulfonamides is 1. The number of benzene rings is 1. The summed E-state index contributed by atoms with van der Waals surface area (Å²) in [6.07, 6.45) is -0.207. The number of carbonyl (C=O) groups excluding carboxylic acids is 1. The molecule has 9 heteroatoms. The molecule has 0 bridgehead atoms. The lowest BCUT2D eigenvalue weighted by Gasteiger charge is -2.09. The number of esters is 1. The van der Waals surface area contributed by atoms with Gasteiger partial charge < -0.3 is 15.2 Å². The molecule has 0 aliphatic heterocycles. The van der Waals surface area contributed by atoms with Crippen LogP contribution >= 0.6 is 12.2 Å². The summed E-state index contributed by atoms with van der Waals surface area (Å²) in [5, 5.41) is 0. The molecule has 0 fully saturated rings. The van der Waals surface area contributed by atoms with E-state index in [2.05, 4.69) is 21.7 Å². The number of ether oxygens (including phenoxy) is 2. The summed E-state index contributed by atoms with van der Waals surface area (Å²) >= 11 is 4.68. The maximum Gasteiger partial charge on any atom is 0.306 e. The van der Waals surface area contributed by atoms with Gasteiger partial charge in [0.05, 0.1) is 19.3 Å². The summed E-state index contributed by atoms with van der Waals surface area (Å²) in [5.41, 5.74) is 5.66. The van der Waals surface area contributed by atoms with Gasteiger partial charge in [0, 0.05) is 5.69 Å². The van der Waals surface area contributed by atoms with Gasteiger partial charge in [-0.25, -0.2) is 8.42 Å². The van der Waals surface area contributed by atoms with E-state index in [1.54, 1.807) is 12.1 Å². The van der Waals surface area contributed by atoms with Gasteiger partial charge >= 0.3 is 5.97 Å². The van der Waals surface area contributed by atoms with Crippen molar-refractivity contribution in [2.45, 2.75) is 6.42 Å². The van der Waals surface area contributed by atoms with Crippen molar-refractivity contribution in [3.05, 3.63) is 24.3 Å². The second-order valence-electron chi connectivity index (χ2n) is 4.03. The number of anilines is 1. The number of carbonyl (C=O) groups is 1. The fourth-order valence-corrected chi connectivity index (χ4v) is 2.42. The molecule has 3 N–H and O–H groups in total. The summed E-state index contributed by atoms with van der Waals surface area (Å²) in [4.78, 5) is 11.2. The largest absolute Gasteiger partial charge is 0.487 e. The zero-order valence-corrected chi connectivity index (χ0v) is 13.0. The van der Waals surface area contributed by atoms with Gasteiger partial charge in [0.2, 0.25) is 10.0 Å². The van der Waals surface area contributed by atoms with E-state index >= 15 is 0 Å². The summed E-state index contributed by atoms with van der Waals surface area (Å²) in [6.45, 7) is 0.111. The van der Waals surface area contributed by atoms with E-state index in [0.717, 1.165) is 0 Å². The number of nitrogens with one attached hydrogen (secondary N) is 1. The number of hydrogen-bond donors (Lipinski definition) is 2. The van der Waals surface area contributed by atoms with Gasteiger partial charge in [-0.1, -0.05) is 12.2 Å². The van der Waals surface area contributed by atoms with Crippen molar-refractivity contribution in [2.75, 3.05) is 24.2 Å². The third-order valence-electron chi connectivity index (χ3n) is 2.31. The van der Waals surface area contributed by atoms with Crippen molar-refractivity contribution >= 4 is 38.9 Å². The van der Waals surface area contributed by atoms with E-state index in [9.17, 15) is 13.2 Å². The van der Waals surface area contributed by atoms with Crippen molar-refractivity contribution in [1.29, 1.82) is 0 Å². The highest BCUT2D eigenvalue weighted by Crippen LogP contribution is 2.17. The second kappa shape index (κ2) is 7.79. The Morgan fingerprint density at radius 3 is 2.48 bits per heavy atom. The van der Waals surface area contributed by atoms with Crippen molar-refractivity contribution in [3.8, 4) is 5.75 Å². The van der Waals surface area contributed by atoms with Crippen molar-refractivity contribution in [2.24, 2.45) is 5.73 Å². The van der Waals surface area contributed by atoms with Crippen LogP contribution in [0.15, 0.2) is 24.3 Å². The zero-order chi connectivity index (χ0) is 15.9. The third-order valence-corrected chi connectivity index (χ3v) is 3.72. The monoisotopic (exact) mass is 332 g/mol. The number of rotatable bonds is 8. The molecule has 0 saturated carbocycles. The molecule has 0 radical (unpaired) electrons. The van der Waals surface area contributed by atoms with Gasteiger partial charge in [-0.2, -0.15) is 0 Å². The molecule has 0 aromatic heterocycles. The Balaban J connectivity index is 2.58. The van der Waals surface area contributed by atoms with Gasteiger partial charge in [0.25, 0.3) is 0 Å². The fraction of sp³-hybridized carbons (Fsp3) is 0.333. The molecule has 0 atom stereocenters. The Labute approximate surface area is 128 Å². The Kier molecular flexibility index (Phi) is 6.38. The summed E-state index contributed by atoms with van der Waals surface area (Å²) in [7, 11) is -2.41. The van der Waals surface area contributed by atoms with Crippen LogP contribution in [-0.4, -0.2) is 38.8 Å². The fourth-order valence-electron chi connectivity index (χ4n) is 1.32. The first kappa shape index (κ1) is 17.2. The van der Waals surface area contributed by atoms with Crippen LogP contribution in [0.2, 0.25) is 0 Å². The van der Waals surface area contributed by atoms with Gasteiger partial charge in [-0.3, -0.25) is 9.52 Å². The first-order valence-corrected chi connectivity index (χ1v) is 7.97. The molecule has 1 aromatic rings. The molecule has 0 spiro atoms. The van der Waals surface area contributed by atoms with Gasteiger partial charge in [-0.15, -0.1) is 0 Å². The van der Waals surface area contributed by atoms with Gasteiger partial charge in [-0.05, 0) is 24.3 Å². The SMILES string of the molecule is COC(=O)CCS(=O)(=O)Nc1ccc(OCC(N)=S)cc1. The van der Waals surface area contributed by atoms with Crippen LogP contribution in [0.3, 0.4) is 0 Å². The Morgan fingerprint density at radius 1 is 1.33 bits per heavy atom. The lowest BCUT2D eigenvalue weighted by molar-refractivity contribution is -0.140. The Bertz CT molecular complexity index is 599. The molecular formula is C12H16N2O5S2. The van der Waals surface area contributed by atoms with E-state index < -0.39 is 16.0 Å². The van der Waals surface area contributed by atoms with Crippen molar-refractivity contribution in [3.63, 3.8) is 0 Å². The smallest absolute Gasteiger partial charge is 0.306 e. The molecule has 21 heavy (non-hydrogen) atoms. The first-order valence-electron chi connectivity index (χ1n) is 5.91. The van der Waals surface area contributed by atoms with Gasteiger partial charge in [0.1, 0.15) is 17.3 Å². The lowest BCUT2D eigenvalue weighted by atomic mass is 10.3. The van der Waals surface area contributed by atoms with E-state index in [0.29, 0.717) is 11.4 Å². The lowest BCUT2D eigenvalue weighted by Crippen LogP contribution is -2.19. The molecule has 0 saturated heterocycles. The van der Waals surface area contributed by atoms with Crippen LogP contribution in [0, 0.1) is 0 Å². The Hall–Kier alpha value is -1.87. The average molecular weight is 332 g/mol. The van der Waals surface area contributed by atoms with Crippen molar-refractivity contribution in [1.82, 2.24) is 0 Å². The third kappa shape index (κ3) is 6.91. The van der Waals surface area contributed by atoms with Crippen LogP contribution in [0.25, 0.3) is 0 Å². The van der Waals surface area contributed by atoms with Gasteiger partial charge in [0.15, 0.2) is 0 Å². The minimum absolute atomic E-state index is 0.111. The minimum atomic E-state index is -3.61. The van der Waals surface area contributed by atoms with E-state index in [1.165, 1.54) is 19.2 Å². The standard InChI is InChI=1S/C12H16N2O5S2/c1-18-12(15)6-7-21(16,17)14-9-2-4-10(5-3-9)19-8-11(13)20/h2-5,14H,6-8H2,1H3,(H2,13,20). The van der Waals surface area contributed by atoms with Crippen LogP contribution in [0.1, 0.15) is 6.42 Å². The number of nitrogens with two attached hydrogens (primary N) is 1. The Morgan fingerprint density at radius 2 is 1.95 bits per heavy atom. The highest BCUT2D eigenvalue weighted by Gasteiger charge is 2.13. The predicted molar refractivity (Wildman–Crippen MR) is 82.8 cm³/mol. The molecular weight excluding hydrogens is 316 g/mol. The summed E-state index contributed by atoms with van der Waals surface area (Å²) < 4.78 is 35.5. The van der Waals surface area contributed by atoms with Crippen LogP contribution in [-0.2, 0) is 19.6 Å². The van der Waals surface area contributed by atoms with Crippen molar-refractivity contribution < 1.29 is 22.7 Å². The maximum atomic E-state index is 11.7. The molecule has 0 heterocycles. The molecule has 7 nitrogen and oxygen atoms in total. The second-order valence-corrected chi connectivity index (χ2v) is 6.39. The molecule has 0 aliphatic rings. The number of hydrogen-bond acceptors (Lipinski definition) is 6. The normalized spacial score (nSPS) is 10.7. The molecule has 0 amide bonds.